The maximum Gasteiger partial charge on any atom is 0.162 e. The average molecular weight is 344 g/mol. The molecule has 5 rings (SSSR count). The Morgan fingerprint density at radius 2 is 1.85 bits per heavy atom. The van der Waals surface area contributed by atoms with E-state index in [9.17, 15) is 0 Å². The van der Waals surface area contributed by atoms with E-state index in [1.807, 2.05) is 0 Å². The van der Waals surface area contributed by atoms with Gasteiger partial charge in [-0.15, -0.1) is 0 Å². The van der Waals surface area contributed by atoms with E-state index < -0.39 is 0 Å². The van der Waals surface area contributed by atoms with Crippen LogP contribution in [0.4, 0.5) is 0 Å². The van der Waals surface area contributed by atoms with E-state index in [4.69, 9.17) is 4.74 Å². The Hall–Kier alpha value is -2.52. The van der Waals surface area contributed by atoms with Gasteiger partial charge in [0.2, 0.25) is 0 Å². The highest BCUT2D eigenvalue weighted by Gasteiger charge is 2.44. The first-order chi connectivity index (χ1) is 12.8. The lowest BCUT2D eigenvalue weighted by Gasteiger charge is -2.31. The first kappa shape index (κ1) is 15.7. The second kappa shape index (κ2) is 6.03. The molecule has 0 bridgehead atoms. The van der Waals surface area contributed by atoms with Crippen LogP contribution in [0.1, 0.15) is 41.6 Å². The molecule has 0 radical (unpaired) electrons. The number of fused-ring (bicyclic) bond motifs is 3. The summed E-state index contributed by atoms with van der Waals surface area (Å²) in [5, 5.41) is 3.54. The molecule has 1 N–H and O–H groups in total. The number of benzene rings is 2. The molecule has 0 amide bonds. The number of hydrogen-bond acceptors (Lipinski definition) is 2. The molecule has 2 aliphatic heterocycles. The number of rotatable bonds is 2. The lowest BCUT2D eigenvalue weighted by atomic mass is 9.86. The Morgan fingerprint density at radius 1 is 1.04 bits per heavy atom. The molecule has 1 saturated heterocycles. The molecule has 0 aliphatic carbocycles. The molecule has 2 unspecified atom stereocenters. The molecule has 3 heteroatoms. The summed E-state index contributed by atoms with van der Waals surface area (Å²) >= 11 is 0. The van der Waals surface area contributed by atoms with Crippen LogP contribution in [0, 0.1) is 0 Å². The number of ether oxygens (including phenoxy) is 1. The average Bonchev–Trinajstić information content (AvgIpc) is 3.28. The first-order valence-electron chi connectivity index (χ1n) is 9.49. The molecule has 3 aromatic rings. The fraction of sp³-hybridized carbons (Fsp3) is 0.304. The summed E-state index contributed by atoms with van der Waals surface area (Å²) in [6.45, 7) is 5.03. The second-order valence-corrected chi connectivity index (χ2v) is 7.51. The SMILES string of the molecule is CC(c1ccccc1)c1ccn2c1C1(CCNC1)Oc1ccccc1C2. The summed E-state index contributed by atoms with van der Waals surface area (Å²) in [6, 6.07) is 21.5. The van der Waals surface area contributed by atoms with Gasteiger partial charge in [-0.05, 0) is 29.8 Å². The van der Waals surface area contributed by atoms with Crippen LogP contribution < -0.4 is 10.1 Å². The molecule has 1 fully saturated rings. The molecule has 2 aromatic carbocycles. The smallest absolute Gasteiger partial charge is 0.162 e. The van der Waals surface area contributed by atoms with Crippen molar-refractivity contribution in [2.75, 3.05) is 13.1 Å². The maximum absolute atomic E-state index is 6.73. The minimum absolute atomic E-state index is 0.283. The van der Waals surface area contributed by atoms with E-state index in [2.05, 4.69) is 83.7 Å². The van der Waals surface area contributed by atoms with Crippen molar-refractivity contribution in [2.45, 2.75) is 31.4 Å². The third-order valence-electron chi connectivity index (χ3n) is 5.93. The predicted molar refractivity (Wildman–Crippen MR) is 104 cm³/mol. The topological polar surface area (TPSA) is 26.2 Å². The minimum atomic E-state index is -0.283. The van der Waals surface area contributed by atoms with Crippen molar-refractivity contribution >= 4 is 0 Å². The van der Waals surface area contributed by atoms with Crippen LogP contribution in [0.3, 0.4) is 0 Å². The standard InChI is InChI=1S/C23H24N2O/c1-17(18-7-3-2-4-8-18)20-11-14-25-15-19-9-5-6-10-21(19)26-23(22(20)25)12-13-24-16-23/h2-11,14,17,24H,12-13,15-16H2,1H3. The molecule has 132 valence electrons. The van der Waals surface area contributed by atoms with E-state index in [0.29, 0.717) is 5.92 Å². The molecule has 3 heterocycles. The van der Waals surface area contributed by atoms with E-state index in [1.54, 1.807) is 0 Å². The fourth-order valence-corrected chi connectivity index (χ4v) is 4.55. The Morgan fingerprint density at radius 3 is 2.65 bits per heavy atom. The third-order valence-corrected chi connectivity index (χ3v) is 5.93. The summed E-state index contributed by atoms with van der Waals surface area (Å²) in [6.07, 6.45) is 3.25. The number of para-hydroxylation sites is 1. The van der Waals surface area contributed by atoms with Crippen LogP contribution in [0.25, 0.3) is 0 Å². The van der Waals surface area contributed by atoms with Gasteiger partial charge in [-0.25, -0.2) is 0 Å². The Labute approximate surface area is 154 Å². The molecule has 1 spiro atoms. The Bertz CT molecular complexity index is 922. The summed E-state index contributed by atoms with van der Waals surface area (Å²) in [7, 11) is 0. The van der Waals surface area contributed by atoms with Crippen molar-refractivity contribution in [1.29, 1.82) is 0 Å². The molecule has 3 nitrogen and oxygen atoms in total. The molecule has 2 atom stereocenters. The highest BCUT2D eigenvalue weighted by Crippen LogP contribution is 2.43. The molecule has 26 heavy (non-hydrogen) atoms. The molecule has 1 aromatic heterocycles. The van der Waals surface area contributed by atoms with E-state index in [1.165, 1.54) is 22.4 Å². The molecule has 2 aliphatic rings. The van der Waals surface area contributed by atoms with Crippen LogP contribution in [0.5, 0.6) is 5.75 Å². The summed E-state index contributed by atoms with van der Waals surface area (Å²) in [5.41, 5.74) is 5.05. The molecular formula is C23H24N2O. The minimum Gasteiger partial charge on any atom is -0.479 e. The normalized spacial score (nSPS) is 22.3. The molecular weight excluding hydrogens is 320 g/mol. The van der Waals surface area contributed by atoms with Crippen LogP contribution >= 0.6 is 0 Å². The largest absolute Gasteiger partial charge is 0.479 e. The number of aromatic nitrogens is 1. The monoisotopic (exact) mass is 344 g/mol. The zero-order valence-corrected chi connectivity index (χ0v) is 15.1. The van der Waals surface area contributed by atoms with Crippen LogP contribution in [-0.4, -0.2) is 17.7 Å². The number of hydrogen-bond donors (Lipinski definition) is 1. The van der Waals surface area contributed by atoms with E-state index in [-0.39, 0.29) is 5.60 Å². The zero-order valence-electron chi connectivity index (χ0n) is 15.1. The second-order valence-electron chi connectivity index (χ2n) is 7.51. The van der Waals surface area contributed by atoms with E-state index >= 15 is 0 Å². The van der Waals surface area contributed by atoms with Gasteiger partial charge in [0, 0.05) is 30.6 Å². The van der Waals surface area contributed by atoms with Gasteiger partial charge < -0.3 is 14.6 Å². The van der Waals surface area contributed by atoms with Gasteiger partial charge in [0.15, 0.2) is 5.60 Å². The number of nitrogens with one attached hydrogen (secondary N) is 1. The lowest BCUT2D eigenvalue weighted by molar-refractivity contribution is 0.0830. The molecule has 0 saturated carbocycles. The lowest BCUT2D eigenvalue weighted by Crippen LogP contribution is -2.37. The van der Waals surface area contributed by atoms with Crippen molar-refractivity contribution in [3.05, 3.63) is 89.2 Å². The summed E-state index contributed by atoms with van der Waals surface area (Å²) in [4.78, 5) is 0. The first-order valence-corrected chi connectivity index (χ1v) is 9.49. The maximum atomic E-state index is 6.73. The summed E-state index contributed by atoms with van der Waals surface area (Å²) in [5.74, 6) is 1.37. The van der Waals surface area contributed by atoms with Crippen molar-refractivity contribution in [3.8, 4) is 5.75 Å². The van der Waals surface area contributed by atoms with Crippen molar-refractivity contribution < 1.29 is 4.74 Å². The fourth-order valence-electron chi connectivity index (χ4n) is 4.55. The van der Waals surface area contributed by atoms with Gasteiger partial charge in [-0.1, -0.05) is 55.5 Å². The Balaban J connectivity index is 1.67. The van der Waals surface area contributed by atoms with Gasteiger partial charge in [0.25, 0.3) is 0 Å². The quantitative estimate of drug-likeness (QED) is 0.751. The van der Waals surface area contributed by atoms with Gasteiger partial charge in [0.05, 0.1) is 12.2 Å². The zero-order chi connectivity index (χ0) is 17.6. The van der Waals surface area contributed by atoms with Gasteiger partial charge in [-0.3, -0.25) is 0 Å². The summed E-state index contributed by atoms with van der Waals surface area (Å²) < 4.78 is 9.14. The van der Waals surface area contributed by atoms with Crippen LogP contribution in [0.2, 0.25) is 0 Å². The third kappa shape index (κ3) is 2.38. The highest BCUT2D eigenvalue weighted by molar-refractivity contribution is 5.44. The Kier molecular flexibility index (Phi) is 3.64. The van der Waals surface area contributed by atoms with Crippen molar-refractivity contribution in [3.63, 3.8) is 0 Å². The number of nitrogens with zero attached hydrogens (tertiary/aromatic N) is 1. The van der Waals surface area contributed by atoms with E-state index in [0.717, 1.165) is 31.8 Å². The van der Waals surface area contributed by atoms with Crippen LogP contribution in [0.15, 0.2) is 66.9 Å². The van der Waals surface area contributed by atoms with Crippen LogP contribution in [-0.2, 0) is 12.1 Å². The van der Waals surface area contributed by atoms with Crippen molar-refractivity contribution in [1.82, 2.24) is 9.88 Å². The van der Waals surface area contributed by atoms with Crippen molar-refractivity contribution in [2.24, 2.45) is 0 Å². The highest BCUT2D eigenvalue weighted by atomic mass is 16.5. The van der Waals surface area contributed by atoms with Gasteiger partial charge in [-0.2, -0.15) is 0 Å². The predicted octanol–water partition coefficient (Wildman–Crippen LogP) is 4.27. The van der Waals surface area contributed by atoms with Gasteiger partial charge >= 0.3 is 0 Å². The van der Waals surface area contributed by atoms with Gasteiger partial charge in [0.1, 0.15) is 5.75 Å².